The van der Waals surface area contributed by atoms with Gasteiger partial charge in [-0.3, -0.25) is 9.59 Å². The summed E-state index contributed by atoms with van der Waals surface area (Å²) in [6.07, 6.45) is 5.33. The van der Waals surface area contributed by atoms with Gasteiger partial charge >= 0.3 is 0 Å². The smallest absolute Gasteiger partial charge is 0.242 e. The Kier molecular flexibility index (Phi) is 6.37. The van der Waals surface area contributed by atoms with Crippen LogP contribution in [-0.2, 0) is 29.6 Å². The zero-order valence-electron chi connectivity index (χ0n) is 16.4. The normalized spacial score (nSPS) is 14.8. The average Bonchev–Trinajstić information content (AvgIpc) is 3.21. The molecule has 1 aliphatic rings. The molecule has 1 unspecified atom stereocenters. The molecule has 0 N–H and O–H groups in total. The molecule has 1 atom stereocenters. The van der Waals surface area contributed by atoms with Crippen molar-refractivity contribution in [3.8, 4) is 0 Å². The minimum atomic E-state index is 0.0368. The van der Waals surface area contributed by atoms with Crippen LogP contribution in [0, 0.1) is 0 Å². The maximum atomic E-state index is 13.1. The molecule has 2 amide bonds. The van der Waals surface area contributed by atoms with E-state index in [1.165, 1.54) is 0 Å². The highest BCUT2D eigenvalue weighted by Gasteiger charge is 2.34. The van der Waals surface area contributed by atoms with E-state index in [-0.39, 0.29) is 24.4 Å². The van der Waals surface area contributed by atoms with Crippen LogP contribution >= 0.6 is 11.3 Å². The third-order valence-corrected chi connectivity index (χ3v) is 6.22. The van der Waals surface area contributed by atoms with E-state index in [1.54, 1.807) is 16.2 Å². The standard InChI is InChI=1S/C21H29N3O2S/c1-4-16(2)23(20(25)13-19-8-6-12-27-19)15-21(26)24(17-9-10-17)14-18-7-5-11-22(18)3/h5-8,11-12,16-17H,4,9-10,13-15H2,1-3H3. The number of carbonyl (C=O) groups excluding carboxylic acids is 2. The first-order chi connectivity index (χ1) is 13.0. The van der Waals surface area contributed by atoms with Crippen LogP contribution in [0.1, 0.15) is 43.7 Å². The van der Waals surface area contributed by atoms with E-state index in [9.17, 15) is 9.59 Å². The lowest BCUT2D eigenvalue weighted by Gasteiger charge is -2.31. The molecule has 27 heavy (non-hydrogen) atoms. The van der Waals surface area contributed by atoms with Crippen LogP contribution in [0.5, 0.6) is 0 Å². The molecule has 0 radical (unpaired) electrons. The predicted octanol–water partition coefficient (Wildman–Crippen LogP) is 3.45. The Morgan fingerprint density at radius 3 is 2.59 bits per heavy atom. The van der Waals surface area contributed by atoms with Gasteiger partial charge in [-0.25, -0.2) is 0 Å². The summed E-state index contributed by atoms with van der Waals surface area (Å²) in [5.74, 6) is 0.0910. The molecule has 0 saturated heterocycles. The lowest BCUT2D eigenvalue weighted by molar-refractivity contribution is -0.142. The summed E-state index contributed by atoms with van der Waals surface area (Å²) < 4.78 is 2.05. The van der Waals surface area contributed by atoms with Gasteiger partial charge in [0.2, 0.25) is 11.8 Å². The van der Waals surface area contributed by atoms with Gasteiger partial charge in [0.1, 0.15) is 6.54 Å². The molecule has 146 valence electrons. The van der Waals surface area contributed by atoms with Crippen molar-refractivity contribution in [3.63, 3.8) is 0 Å². The number of amides is 2. The first kappa shape index (κ1) is 19.7. The Hall–Kier alpha value is -2.08. The lowest BCUT2D eigenvalue weighted by Crippen LogP contribution is -2.47. The van der Waals surface area contributed by atoms with Crippen LogP contribution in [0.4, 0.5) is 0 Å². The summed E-state index contributed by atoms with van der Waals surface area (Å²) >= 11 is 1.59. The first-order valence-corrected chi connectivity index (χ1v) is 10.6. The van der Waals surface area contributed by atoms with E-state index in [1.807, 2.05) is 48.6 Å². The number of aromatic nitrogens is 1. The van der Waals surface area contributed by atoms with Crippen LogP contribution in [0.15, 0.2) is 35.8 Å². The van der Waals surface area contributed by atoms with E-state index in [4.69, 9.17) is 0 Å². The van der Waals surface area contributed by atoms with E-state index < -0.39 is 0 Å². The van der Waals surface area contributed by atoms with Crippen LogP contribution in [0.3, 0.4) is 0 Å². The van der Waals surface area contributed by atoms with Crippen molar-refractivity contribution in [3.05, 3.63) is 46.4 Å². The molecule has 2 heterocycles. The quantitative estimate of drug-likeness (QED) is 0.662. The average molecular weight is 388 g/mol. The van der Waals surface area contributed by atoms with Crippen LogP contribution in [0.25, 0.3) is 0 Å². The molecular weight excluding hydrogens is 358 g/mol. The first-order valence-electron chi connectivity index (χ1n) is 9.71. The van der Waals surface area contributed by atoms with Crippen molar-refractivity contribution in [2.75, 3.05) is 6.54 Å². The van der Waals surface area contributed by atoms with Gasteiger partial charge < -0.3 is 14.4 Å². The summed E-state index contributed by atoms with van der Waals surface area (Å²) in [6, 6.07) is 8.36. The van der Waals surface area contributed by atoms with E-state index in [2.05, 4.69) is 17.6 Å². The van der Waals surface area contributed by atoms with Crippen molar-refractivity contribution < 1.29 is 9.59 Å². The number of carbonyl (C=O) groups is 2. The van der Waals surface area contributed by atoms with Crippen LogP contribution < -0.4 is 0 Å². The fourth-order valence-corrected chi connectivity index (χ4v) is 3.95. The zero-order chi connectivity index (χ0) is 19.4. The molecule has 0 aromatic carbocycles. The molecule has 6 heteroatoms. The number of rotatable bonds is 9. The lowest BCUT2D eigenvalue weighted by atomic mass is 10.2. The highest BCUT2D eigenvalue weighted by atomic mass is 32.1. The Morgan fingerprint density at radius 1 is 1.26 bits per heavy atom. The molecule has 1 fully saturated rings. The van der Waals surface area contributed by atoms with E-state index >= 15 is 0 Å². The van der Waals surface area contributed by atoms with Gasteiger partial charge in [-0.05, 0) is 49.8 Å². The summed E-state index contributed by atoms with van der Waals surface area (Å²) in [4.78, 5) is 30.8. The van der Waals surface area contributed by atoms with Crippen molar-refractivity contribution >= 4 is 23.2 Å². The zero-order valence-corrected chi connectivity index (χ0v) is 17.2. The second-order valence-electron chi connectivity index (χ2n) is 7.40. The minimum Gasteiger partial charge on any atom is -0.353 e. The number of nitrogens with zero attached hydrogens (tertiary/aromatic N) is 3. The molecule has 5 nitrogen and oxygen atoms in total. The molecule has 3 rings (SSSR count). The molecule has 0 bridgehead atoms. The summed E-state index contributed by atoms with van der Waals surface area (Å²) in [6.45, 7) is 4.86. The Morgan fingerprint density at radius 2 is 2.04 bits per heavy atom. The summed E-state index contributed by atoms with van der Waals surface area (Å²) in [7, 11) is 2.00. The fourth-order valence-electron chi connectivity index (χ4n) is 3.25. The van der Waals surface area contributed by atoms with Gasteiger partial charge in [0.15, 0.2) is 0 Å². The highest BCUT2D eigenvalue weighted by Crippen LogP contribution is 2.29. The topological polar surface area (TPSA) is 45.6 Å². The molecule has 1 saturated carbocycles. The molecule has 1 aliphatic carbocycles. The number of aryl methyl sites for hydroxylation is 1. The molecule has 0 aliphatic heterocycles. The molecule has 0 spiro atoms. The third kappa shape index (κ3) is 5.01. The monoisotopic (exact) mass is 387 g/mol. The van der Waals surface area contributed by atoms with Crippen molar-refractivity contribution in [1.29, 1.82) is 0 Å². The second-order valence-corrected chi connectivity index (χ2v) is 8.43. The maximum Gasteiger partial charge on any atom is 0.242 e. The van der Waals surface area contributed by atoms with Gasteiger partial charge in [0.05, 0.1) is 13.0 Å². The van der Waals surface area contributed by atoms with Gasteiger partial charge in [-0.1, -0.05) is 13.0 Å². The van der Waals surface area contributed by atoms with Crippen LogP contribution in [-0.4, -0.2) is 44.8 Å². The Bertz CT molecular complexity index is 764. The second kappa shape index (κ2) is 8.74. The number of thiophene rings is 1. The number of hydrogen-bond acceptors (Lipinski definition) is 3. The van der Waals surface area contributed by atoms with E-state index in [0.717, 1.165) is 29.8 Å². The third-order valence-electron chi connectivity index (χ3n) is 5.35. The molecule has 2 aromatic rings. The van der Waals surface area contributed by atoms with Gasteiger partial charge in [0, 0.05) is 35.9 Å². The molecular formula is C21H29N3O2S. The maximum absolute atomic E-state index is 13.1. The Labute approximate surface area is 165 Å². The van der Waals surface area contributed by atoms with E-state index in [0.29, 0.717) is 19.0 Å². The van der Waals surface area contributed by atoms with Gasteiger partial charge in [-0.2, -0.15) is 0 Å². The van der Waals surface area contributed by atoms with Crippen molar-refractivity contribution in [1.82, 2.24) is 14.4 Å². The fraction of sp³-hybridized carbons (Fsp3) is 0.524. The molecule has 2 aromatic heterocycles. The summed E-state index contributed by atoms with van der Waals surface area (Å²) in [5, 5.41) is 1.98. The van der Waals surface area contributed by atoms with Gasteiger partial charge in [0.25, 0.3) is 0 Å². The SMILES string of the molecule is CCC(C)N(CC(=O)N(Cc1cccn1C)C1CC1)C(=O)Cc1cccs1. The summed E-state index contributed by atoms with van der Waals surface area (Å²) in [5.41, 5.74) is 1.12. The number of hydrogen-bond donors (Lipinski definition) is 0. The van der Waals surface area contributed by atoms with Gasteiger partial charge in [-0.15, -0.1) is 11.3 Å². The Balaban J connectivity index is 1.70. The highest BCUT2D eigenvalue weighted by molar-refractivity contribution is 7.10. The van der Waals surface area contributed by atoms with Crippen molar-refractivity contribution in [2.24, 2.45) is 7.05 Å². The largest absolute Gasteiger partial charge is 0.353 e. The van der Waals surface area contributed by atoms with Crippen LogP contribution in [0.2, 0.25) is 0 Å². The van der Waals surface area contributed by atoms with Crippen molar-refractivity contribution in [2.45, 2.75) is 58.2 Å². The minimum absolute atomic E-state index is 0.0368. The predicted molar refractivity (Wildman–Crippen MR) is 108 cm³/mol.